The van der Waals surface area contributed by atoms with Crippen molar-refractivity contribution in [2.24, 2.45) is 5.92 Å². The minimum atomic E-state index is -0.0424. The van der Waals surface area contributed by atoms with Crippen LogP contribution in [0.25, 0.3) is 5.52 Å². The van der Waals surface area contributed by atoms with Gasteiger partial charge >= 0.3 is 0 Å². The maximum atomic E-state index is 12.2. The van der Waals surface area contributed by atoms with Gasteiger partial charge in [0, 0.05) is 18.1 Å². The number of nitrogens with zero attached hydrogens (tertiary/aromatic N) is 2. The van der Waals surface area contributed by atoms with Crippen LogP contribution in [0.5, 0.6) is 0 Å². The molecule has 1 fully saturated rings. The van der Waals surface area contributed by atoms with Gasteiger partial charge in [0.1, 0.15) is 0 Å². The van der Waals surface area contributed by atoms with Gasteiger partial charge in [0.25, 0.3) is 5.91 Å². The number of aromatic nitrogens is 2. The van der Waals surface area contributed by atoms with E-state index in [1.54, 1.807) is 10.7 Å². The van der Waals surface area contributed by atoms with Crippen molar-refractivity contribution in [3.05, 3.63) is 36.2 Å². The van der Waals surface area contributed by atoms with E-state index in [-0.39, 0.29) is 5.91 Å². The van der Waals surface area contributed by atoms with E-state index in [1.165, 1.54) is 0 Å². The molecule has 2 heterocycles. The highest BCUT2D eigenvalue weighted by molar-refractivity contribution is 6.20. The SMILES string of the molecule is O=C(NCC1CCC(Cl)CC1)c1cnn2ccccc12. The summed E-state index contributed by atoms with van der Waals surface area (Å²) < 4.78 is 1.72. The third-order valence-electron chi connectivity index (χ3n) is 4.00. The number of hydrogen-bond acceptors (Lipinski definition) is 2. The molecule has 1 N–H and O–H groups in total. The van der Waals surface area contributed by atoms with Crippen molar-refractivity contribution in [2.75, 3.05) is 6.54 Å². The van der Waals surface area contributed by atoms with Crippen molar-refractivity contribution in [3.8, 4) is 0 Å². The molecule has 1 saturated carbocycles. The molecule has 0 aliphatic heterocycles. The molecule has 0 radical (unpaired) electrons. The molecule has 0 bridgehead atoms. The Morgan fingerprint density at radius 3 is 2.95 bits per heavy atom. The van der Waals surface area contributed by atoms with E-state index in [2.05, 4.69) is 10.4 Å². The molecular formula is C15H18ClN3O. The monoisotopic (exact) mass is 291 g/mol. The molecule has 20 heavy (non-hydrogen) atoms. The number of nitrogens with one attached hydrogen (secondary N) is 1. The van der Waals surface area contributed by atoms with E-state index in [0.29, 0.717) is 16.9 Å². The zero-order valence-corrected chi connectivity index (χ0v) is 12.0. The van der Waals surface area contributed by atoms with Gasteiger partial charge in [-0.2, -0.15) is 5.10 Å². The molecule has 0 aromatic carbocycles. The van der Waals surface area contributed by atoms with E-state index in [1.807, 2.05) is 24.4 Å². The van der Waals surface area contributed by atoms with Gasteiger partial charge < -0.3 is 5.32 Å². The second kappa shape index (κ2) is 5.83. The average molecular weight is 292 g/mol. The molecule has 0 saturated heterocycles. The third kappa shape index (κ3) is 2.80. The van der Waals surface area contributed by atoms with Crippen molar-refractivity contribution < 1.29 is 4.79 Å². The van der Waals surface area contributed by atoms with Crippen LogP contribution in [0.2, 0.25) is 0 Å². The Balaban J connectivity index is 1.62. The lowest BCUT2D eigenvalue weighted by Gasteiger charge is -2.24. The molecular weight excluding hydrogens is 274 g/mol. The molecule has 0 spiro atoms. The van der Waals surface area contributed by atoms with Crippen LogP contribution in [0.15, 0.2) is 30.6 Å². The Labute approximate surface area is 123 Å². The first kappa shape index (κ1) is 13.4. The van der Waals surface area contributed by atoms with Crippen molar-refractivity contribution in [1.82, 2.24) is 14.9 Å². The number of pyridine rings is 1. The lowest BCUT2D eigenvalue weighted by Crippen LogP contribution is -2.31. The van der Waals surface area contributed by atoms with Crippen molar-refractivity contribution in [1.29, 1.82) is 0 Å². The number of carbonyl (C=O) groups is 1. The first-order valence-electron chi connectivity index (χ1n) is 7.08. The summed E-state index contributed by atoms with van der Waals surface area (Å²) in [6.45, 7) is 0.729. The predicted octanol–water partition coefficient (Wildman–Crippen LogP) is 2.86. The molecule has 4 nitrogen and oxygen atoms in total. The molecule has 1 aliphatic carbocycles. The number of halogens is 1. The standard InChI is InChI=1S/C15H18ClN3O/c16-12-6-4-11(5-7-12)9-17-15(20)13-10-18-19-8-2-1-3-14(13)19/h1-3,8,10-12H,4-7,9H2,(H,17,20). The number of hydrogen-bond donors (Lipinski definition) is 1. The van der Waals surface area contributed by atoms with Crippen LogP contribution >= 0.6 is 11.6 Å². The second-order valence-electron chi connectivity index (χ2n) is 5.42. The van der Waals surface area contributed by atoms with Crippen LogP contribution in [-0.4, -0.2) is 27.4 Å². The van der Waals surface area contributed by atoms with Gasteiger partial charge in [0.05, 0.1) is 17.3 Å². The van der Waals surface area contributed by atoms with E-state index >= 15 is 0 Å². The summed E-state index contributed by atoms with van der Waals surface area (Å²) in [6, 6.07) is 5.71. The zero-order chi connectivity index (χ0) is 13.9. The summed E-state index contributed by atoms with van der Waals surface area (Å²) in [4.78, 5) is 12.2. The number of fused-ring (bicyclic) bond motifs is 1. The molecule has 106 valence electrons. The fourth-order valence-electron chi connectivity index (χ4n) is 2.77. The smallest absolute Gasteiger partial charge is 0.255 e. The highest BCUT2D eigenvalue weighted by Gasteiger charge is 2.20. The molecule has 2 aromatic rings. The van der Waals surface area contributed by atoms with Crippen LogP contribution in [0.3, 0.4) is 0 Å². The topological polar surface area (TPSA) is 46.4 Å². The maximum absolute atomic E-state index is 12.2. The Bertz CT molecular complexity index is 602. The normalized spacial score (nSPS) is 22.9. The summed E-state index contributed by atoms with van der Waals surface area (Å²) in [7, 11) is 0. The van der Waals surface area contributed by atoms with E-state index in [0.717, 1.165) is 37.7 Å². The Hall–Kier alpha value is -1.55. The van der Waals surface area contributed by atoms with Crippen molar-refractivity contribution in [3.63, 3.8) is 0 Å². The number of amides is 1. The fourth-order valence-corrected chi connectivity index (χ4v) is 3.02. The van der Waals surface area contributed by atoms with Gasteiger partial charge in [-0.1, -0.05) is 6.07 Å². The first-order chi connectivity index (χ1) is 9.74. The molecule has 2 aromatic heterocycles. The van der Waals surface area contributed by atoms with Crippen LogP contribution < -0.4 is 5.32 Å². The van der Waals surface area contributed by atoms with Crippen LogP contribution in [0.4, 0.5) is 0 Å². The minimum Gasteiger partial charge on any atom is -0.352 e. The van der Waals surface area contributed by atoms with E-state index in [4.69, 9.17) is 11.6 Å². The summed E-state index contributed by atoms with van der Waals surface area (Å²) in [5.41, 5.74) is 1.48. The van der Waals surface area contributed by atoms with Crippen LogP contribution in [0, 0.1) is 5.92 Å². The Morgan fingerprint density at radius 2 is 2.15 bits per heavy atom. The lowest BCUT2D eigenvalue weighted by atomic mass is 9.89. The summed E-state index contributed by atoms with van der Waals surface area (Å²) in [5, 5.41) is 7.53. The molecule has 0 atom stereocenters. The molecule has 5 heteroatoms. The molecule has 1 aliphatic rings. The van der Waals surface area contributed by atoms with Crippen LogP contribution in [-0.2, 0) is 0 Å². The Morgan fingerprint density at radius 1 is 1.35 bits per heavy atom. The van der Waals surface area contributed by atoms with Gasteiger partial charge in [-0.15, -0.1) is 11.6 Å². The predicted molar refractivity (Wildman–Crippen MR) is 79.1 cm³/mol. The quantitative estimate of drug-likeness (QED) is 0.884. The Kier molecular flexibility index (Phi) is 3.92. The zero-order valence-electron chi connectivity index (χ0n) is 11.3. The first-order valence-corrected chi connectivity index (χ1v) is 7.52. The lowest BCUT2D eigenvalue weighted by molar-refractivity contribution is 0.0945. The van der Waals surface area contributed by atoms with Gasteiger partial charge in [-0.25, -0.2) is 4.52 Å². The number of rotatable bonds is 3. The largest absolute Gasteiger partial charge is 0.352 e. The fraction of sp³-hybridized carbons (Fsp3) is 0.467. The summed E-state index contributed by atoms with van der Waals surface area (Å²) in [5.74, 6) is 0.509. The van der Waals surface area contributed by atoms with Crippen molar-refractivity contribution >= 4 is 23.0 Å². The summed E-state index contributed by atoms with van der Waals surface area (Å²) >= 11 is 6.09. The average Bonchev–Trinajstić information content (AvgIpc) is 2.90. The third-order valence-corrected chi connectivity index (χ3v) is 4.44. The number of carbonyl (C=O) groups excluding carboxylic acids is 1. The van der Waals surface area contributed by atoms with Crippen molar-refractivity contribution in [2.45, 2.75) is 31.1 Å². The molecule has 1 amide bonds. The van der Waals surface area contributed by atoms with Gasteiger partial charge in [-0.3, -0.25) is 4.79 Å². The highest BCUT2D eigenvalue weighted by atomic mass is 35.5. The van der Waals surface area contributed by atoms with Gasteiger partial charge in [0.2, 0.25) is 0 Å². The second-order valence-corrected chi connectivity index (χ2v) is 6.03. The van der Waals surface area contributed by atoms with E-state index < -0.39 is 0 Å². The minimum absolute atomic E-state index is 0.0424. The van der Waals surface area contributed by atoms with E-state index in [9.17, 15) is 4.79 Å². The molecule has 3 rings (SSSR count). The molecule has 0 unspecified atom stereocenters. The van der Waals surface area contributed by atoms with Gasteiger partial charge in [0.15, 0.2) is 0 Å². The maximum Gasteiger partial charge on any atom is 0.255 e. The highest BCUT2D eigenvalue weighted by Crippen LogP contribution is 2.27. The van der Waals surface area contributed by atoms with Crippen LogP contribution in [0.1, 0.15) is 36.0 Å². The van der Waals surface area contributed by atoms with Gasteiger partial charge in [-0.05, 0) is 43.7 Å². The summed E-state index contributed by atoms with van der Waals surface area (Å²) in [6.07, 6.45) is 7.78. The number of alkyl halides is 1.